The lowest BCUT2D eigenvalue weighted by Gasteiger charge is -2.23. The second-order valence-electron chi connectivity index (χ2n) is 4.99. The number of carbonyl (C=O) groups excluding carboxylic acids is 3. The molecule has 1 fully saturated rings. The van der Waals surface area contributed by atoms with Crippen molar-refractivity contribution in [2.24, 2.45) is 5.73 Å². The van der Waals surface area contributed by atoms with Gasteiger partial charge < -0.3 is 11.1 Å². The highest BCUT2D eigenvalue weighted by Gasteiger charge is 2.49. The van der Waals surface area contributed by atoms with E-state index in [0.29, 0.717) is 4.90 Å². The molecule has 0 saturated carbocycles. The molecule has 0 aliphatic carbocycles. The molecule has 118 valence electrons. The van der Waals surface area contributed by atoms with E-state index in [9.17, 15) is 27.6 Å². The molecule has 0 aromatic heterocycles. The zero-order valence-corrected chi connectivity index (χ0v) is 11.4. The lowest BCUT2D eigenvalue weighted by Crippen LogP contribution is -2.42. The summed E-state index contributed by atoms with van der Waals surface area (Å²) < 4.78 is 38.3. The Morgan fingerprint density at radius 2 is 2.00 bits per heavy atom. The summed E-state index contributed by atoms with van der Waals surface area (Å²) in [5.74, 6) is -1.74. The van der Waals surface area contributed by atoms with E-state index in [1.165, 1.54) is 13.0 Å². The van der Waals surface area contributed by atoms with Crippen LogP contribution in [0.25, 0.3) is 0 Å². The van der Waals surface area contributed by atoms with E-state index in [0.717, 1.165) is 18.2 Å². The number of imide groups is 1. The minimum absolute atomic E-state index is 0.0346. The number of primary amides is 1. The van der Waals surface area contributed by atoms with Crippen molar-refractivity contribution in [3.05, 3.63) is 35.4 Å². The van der Waals surface area contributed by atoms with Crippen molar-refractivity contribution in [1.29, 1.82) is 0 Å². The van der Waals surface area contributed by atoms with Crippen molar-refractivity contribution in [2.45, 2.75) is 18.6 Å². The molecule has 0 radical (unpaired) electrons. The van der Waals surface area contributed by atoms with Crippen LogP contribution in [0.15, 0.2) is 24.3 Å². The molecular formula is C13H12F3N3O3. The van der Waals surface area contributed by atoms with Crippen LogP contribution in [0.3, 0.4) is 0 Å². The van der Waals surface area contributed by atoms with Crippen molar-refractivity contribution in [2.75, 3.05) is 6.54 Å². The third-order valence-corrected chi connectivity index (χ3v) is 3.36. The first-order chi connectivity index (χ1) is 10.1. The Morgan fingerprint density at radius 3 is 2.55 bits per heavy atom. The van der Waals surface area contributed by atoms with Crippen molar-refractivity contribution < 1.29 is 27.6 Å². The van der Waals surface area contributed by atoms with Crippen LogP contribution in [0.1, 0.15) is 18.1 Å². The predicted molar refractivity (Wildman–Crippen MR) is 68.2 cm³/mol. The van der Waals surface area contributed by atoms with Gasteiger partial charge in [0.25, 0.3) is 5.91 Å². The van der Waals surface area contributed by atoms with Crippen molar-refractivity contribution >= 4 is 17.8 Å². The minimum Gasteiger partial charge on any atom is -0.368 e. The normalized spacial score (nSPS) is 21.9. The first kappa shape index (κ1) is 15.8. The number of alkyl halides is 3. The maximum Gasteiger partial charge on any atom is 0.416 e. The number of hydrogen-bond acceptors (Lipinski definition) is 3. The number of urea groups is 1. The van der Waals surface area contributed by atoms with Gasteiger partial charge in [0.1, 0.15) is 12.1 Å². The van der Waals surface area contributed by atoms with Gasteiger partial charge in [-0.05, 0) is 24.6 Å². The number of nitrogens with zero attached hydrogens (tertiary/aromatic N) is 1. The van der Waals surface area contributed by atoms with Gasteiger partial charge in [-0.3, -0.25) is 14.5 Å². The summed E-state index contributed by atoms with van der Waals surface area (Å²) in [6.45, 7) is 0.628. The van der Waals surface area contributed by atoms with E-state index < -0.39 is 41.7 Å². The van der Waals surface area contributed by atoms with Gasteiger partial charge in [-0.2, -0.15) is 13.2 Å². The van der Waals surface area contributed by atoms with Gasteiger partial charge in [0.2, 0.25) is 5.91 Å². The molecule has 1 aromatic carbocycles. The molecule has 6 nitrogen and oxygen atoms in total. The fourth-order valence-electron chi connectivity index (χ4n) is 2.20. The fraction of sp³-hybridized carbons (Fsp3) is 0.308. The molecule has 3 N–H and O–H groups in total. The van der Waals surface area contributed by atoms with Crippen molar-refractivity contribution in [3.63, 3.8) is 0 Å². The van der Waals surface area contributed by atoms with Crippen LogP contribution in [-0.2, 0) is 21.3 Å². The van der Waals surface area contributed by atoms with E-state index in [1.54, 1.807) is 0 Å². The number of carbonyl (C=O) groups is 3. The van der Waals surface area contributed by atoms with Gasteiger partial charge in [0.15, 0.2) is 0 Å². The molecule has 1 aliphatic rings. The van der Waals surface area contributed by atoms with E-state index >= 15 is 0 Å². The Balaban J connectivity index is 2.42. The summed E-state index contributed by atoms with van der Waals surface area (Å²) in [5.41, 5.74) is 2.28. The van der Waals surface area contributed by atoms with Gasteiger partial charge in [-0.15, -0.1) is 0 Å². The lowest BCUT2D eigenvalue weighted by atomic mass is 9.90. The van der Waals surface area contributed by atoms with Crippen LogP contribution in [0.5, 0.6) is 0 Å². The van der Waals surface area contributed by atoms with Crippen LogP contribution in [0, 0.1) is 0 Å². The number of rotatable bonds is 3. The zero-order chi connectivity index (χ0) is 16.7. The molecule has 1 unspecified atom stereocenters. The van der Waals surface area contributed by atoms with E-state index in [1.807, 2.05) is 0 Å². The van der Waals surface area contributed by atoms with Crippen LogP contribution < -0.4 is 11.1 Å². The van der Waals surface area contributed by atoms with Gasteiger partial charge in [-0.1, -0.05) is 12.1 Å². The first-order valence-corrected chi connectivity index (χ1v) is 6.16. The molecular weight excluding hydrogens is 303 g/mol. The monoisotopic (exact) mass is 315 g/mol. The Morgan fingerprint density at radius 1 is 1.36 bits per heavy atom. The maximum atomic E-state index is 12.8. The Bertz CT molecular complexity index is 659. The van der Waals surface area contributed by atoms with E-state index in [2.05, 4.69) is 5.32 Å². The summed E-state index contributed by atoms with van der Waals surface area (Å²) in [5, 5.41) is 2.29. The van der Waals surface area contributed by atoms with Crippen molar-refractivity contribution in [1.82, 2.24) is 10.2 Å². The molecule has 22 heavy (non-hydrogen) atoms. The second kappa shape index (κ2) is 5.00. The molecule has 2 rings (SSSR count). The van der Waals surface area contributed by atoms with Gasteiger partial charge in [0.05, 0.1) is 5.56 Å². The Labute approximate surface area is 123 Å². The second-order valence-corrected chi connectivity index (χ2v) is 4.99. The molecule has 1 saturated heterocycles. The number of benzene rings is 1. The van der Waals surface area contributed by atoms with E-state index in [-0.39, 0.29) is 5.56 Å². The first-order valence-electron chi connectivity index (χ1n) is 6.16. The average Bonchev–Trinajstić information content (AvgIpc) is 2.62. The molecule has 0 spiro atoms. The SMILES string of the molecule is CC1(c2cccc(C(F)(F)F)c2)NC(=O)N(CC(N)=O)C1=O. The highest BCUT2D eigenvalue weighted by molar-refractivity contribution is 6.09. The smallest absolute Gasteiger partial charge is 0.368 e. The Hall–Kier alpha value is -2.58. The molecule has 0 bridgehead atoms. The standard InChI is InChI=1S/C13H12F3N3O3/c1-12(7-3-2-4-8(5-7)13(14,15)16)10(21)19(6-9(17)20)11(22)18-12/h2-5H,6H2,1H3,(H2,17,20)(H,18,22). The number of halogens is 3. The van der Waals surface area contributed by atoms with Crippen LogP contribution in [0.4, 0.5) is 18.0 Å². The predicted octanol–water partition coefficient (Wildman–Crippen LogP) is 0.958. The number of nitrogens with two attached hydrogens (primary N) is 1. The molecule has 1 heterocycles. The number of hydrogen-bond donors (Lipinski definition) is 2. The van der Waals surface area contributed by atoms with Crippen LogP contribution in [0.2, 0.25) is 0 Å². The summed E-state index contributed by atoms with van der Waals surface area (Å²) in [7, 11) is 0. The largest absolute Gasteiger partial charge is 0.416 e. The topological polar surface area (TPSA) is 92.5 Å². The van der Waals surface area contributed by atoms with E-state index in [4.69, 9.17) is 5.73 Å². The summed E-state index contributed by atoms with van der Waals surface area (Å²) in [6, 6.07) is 3.19. The van der Waals surface area contributed by atoms with Gasteiger partial charge in [-0.25, -0.2) is 4.79 Å². The minimum atomic E-state index is -4.58. The van der Waals surface area contributed by atoms with Crippen molar-refractivity contribution in [3.8, 4) is 0 Å². The Kier molecular flexibility index (Phi) is 3.59. The fourth-order valence-corrected chi connectivity index (χ4v) is 2.20. The summed E-state index contributed by atoms with van der Waals surface area (Å²) >= 11 is 0. The molecule has 1 aliphatic heterocycles. The maximum absolute atomic E-state index is 12.8. The zero-order valence-electron chi connectivity index (χ0n) is 11.4. The highest BCUT2D eigenvalue weighted by atomic mass is 19.4. The van der Waals surface area contributed by atoms with Crippen LogP contribution >= 0.6 is 0 Å². The molecule has 1 aromatic rings. The lowest BCUT2D eigenvalue weighted by molar-refractivity contribution is -0.138. The average molecular weight is 315 g/mol. The summed E-state index contributed by atoms with van der Waals surface area (Å²) in [4.78, 5) is 35.5. The number of amides is 4. The van der Waals surface area contributed by atoms with Gasteiger partial charge in [0, 0.05) is 0 Å². The summed E-state index contributed by atoms with van der Waals surface area (Å²) in [6.07, 6.45) is -4.58. The number of nitrogens with one attached hydrogen (secondary N) is 1. The molecule has 1 atom stereocenters. The third-order valence-electron chi connectivity index (χ3n) is 3.36. The van der Waals surface area contributed by atoms with Gasteiger partial charge >= 0.3 is 12.2 Å². The quantitative estimate of drug-likeness (QED) is 0.814. The van der Waals surface area contributed by atoms with Crippen LogP contribution in [-0.4, -0.2) is 29.3 Å². The highest BCUT2D eigenvalue weighted by Crippen LogP contribution is 2.34. The molecule has 9 heteroatoms. The molecule has 4 amide bonds. The third kappa shape index (κ3) is 2.61.